The predicted octanol–water partition coefficient (Wildman–Crippen LogP) is 2.03. The third-order valence-corrected chi connectivity index (χ3v) is 3.05. The summed E-state index contributed by atoms with van der Waals surface area (Å²) in [5.41, 5.74) is 0.154. The molecular formula is C13H14N4O2S. The van der Waals surface area contributed by atoms with Gasteiger partial charge < -0.3 is 5.11 Å². The second kappa shape index (κ2) is 5.79. The van der Waals surface area contributed by atoms with E-state index in [4.69, 9.17) is 12.2 Å². The predicted molar refractivity (Wildman–Crippen MR) is 81.9 cm³/mol. The first-order chi connectivity index (χ1) is 9.56. The monoisotopic (exact) mass is 290 g/mol. The van der Waals surface area contributed by atoms with Crippen LogP contribution in [0.15, 0.2) is 33.1 Å². The molecule has 0 fully saturated rings. The number of nitrogens with zero attached hydrogens (tertiary/aromatic N) is 3. The SMILES string of the molecule is C=CCn1c(O)c(C=C2C=NC(CC)=N2)c(=O)[nH]c1=S. The van der Waals surface area contributed by atoms with Crippen molar-refractivity contribution in [3.05, 3.63) is 39.0 Å². The summed E-state index contributed by atoms with van der Waals surface area (Å²) in [6, 6.07) is 0. The molecule has 0 spiro atoms. The largest absolute Gasteiger partial charge is 0.494 e. The number of hydrogen-bond acceptors (Lipinski definition) is 5. The van der Waals surface area contributed by atoms with Crippen molar-refractivity contribution in [3.63, 3.8) is 0 Å². The first-order valence-corrected chi connectivity index (χ1v) is 6.48. The summed E-state index contributed by atoms with van der Waals surface area (Å²) in [6.07, 6.45) is 5.32. The summed E-state index contributed by atoms with van der Waals surface area (Å²) in [5.74, 6) is 0.478. The highest BCUT2D eigenvalue weighted by Crippen LogP contribution is 2.18. The number of rotatable bonds is 4. The molecule has 0 radical (unpaired) electrons. The molecule has 20 heavy (non-hydrogen) atoms. The number of aliphatic imine (C=N–C) groups is 2. The van der Waals surface area contributed by atoms with E-state index in [-0.39, 0.29) is 16.2 Å². The van der Waals surface area contributed by atoms with Crippen molar-refractivity contribution in [1.29, 1.82) is 0 Å². The summed E-state index contributed by atoms with van der Waals surface area (Å²) in [4.78, 5) is 22.7. The van der Waals surface area contributed by atoms with Crippen molar-refractivity contribution in [3.8, 4) is 5.88 Å². The Morgan fingerprint density at radius 3 is 2.95 bits per heavy atom. The Morgan fingerprint density at radius 1 is 1.60 bits per heavy atom. The van der Waals surface area contributed by atoms with Crippen molar-refractivity contribution in [2.75, 3.05) is 0 Å². The van der Waals surface area contributed by atoms with Gasteiger partial charge in [-0.25, -0.2) is 9.98 Å². The molecule has 0 bridgehead atoms. The number of nitrogens with one attached hydrogen (secondary N) is 1. The molecule has 6 nitrogen and oxygen atoms in total. The van der Waals surface area contributed by atoms with Gasteiger partial charge in [0.05, 0.1) is 11.9 Å². The molecule has 1 aromatic rings. The second-order valence-electron chi connectivity index (χ2n) is 4.10. The minimum Gasteiger partial charge on any atom is -0.494 e. The molecule has 1 aliphatic heterocycles. The first kappa shape index (κ1) is 14.1. The van der Waals surface area contributed by atoms with Gasteiger partial charge in [0.1, 0.15) is 11.4 Å². The Balaban J connectivity index is 2.56. The van der Waals surface area contributed by atoms with Crippen molar-refractivity contribution < 1.29 is 5.11 Å². The molecule has 0 atom stereocenters. The fourth-order valence-electron chi connectivity index (χ4n) is 1.74. The van der Waals surface area contributed by atoms with Crippen LogP contribution in [0.3, 0.4) is 0 Å². The van der Waals surface area contributed by atoms with Gasteiger partial charge >= 0.3 is 0 Å². The first-order valence-electron chi connectivity index (χ1n) is 6.07. The summed E-state index contributed by atoms with van der Waals surface area (Å²) >= 11 is 5.00. The molecule has 0 amide bonds. The summed E-state index contributed by atoms with van der Waals surface area (Å²) in [6.45, 7) is 5.82. The Labute approximate surface area is 120 Å². The van der Waals surface area contributed by atoms with E-state index in [0.29, 0.717) is 24.5 Å². The highest BCUT2D eigenvalue weighted by molar-refractivity contribution is 7.71. The quantitative estimate of drug-likeness (QED) is 0.657. The van der Waals surface area contributed by atoms with Crippen LogP contribution in [0.4, 0.5) is 0 Å². The fourth-order valence-corrected chi connectivity index (χ4v) is 1.99. The van der Waals surface area contributed by atoms with E-state index in [2.05, 4.69) is 21.5 Å². The zero-order valence-corrected chi connectivity index (χ0v) is 11.8. The normalized spacial score (nSPS) is 15.7. The Kier molecular flexibility index (Phi) is 4.09. The van der Waals surface area contributed by atoms with Crippen LogP contribution < -0.4 is 5.56 Å². The Bertz CT molecular complexity index is 753. The third-order valence-electron chi connectivity index (χ3n) is 2.73. The van der Waals surface area contributed by atoms with Gasteiger partial charge in [-0.3, -0.25) is 14.3 Å². The molecule has 1 aromatic heterocycles. The average molecular weight is 290 g/mol. The van der Waals surface area contributed by atoms with Crippen molar-refractivity contribution in [2.24, 2.45) is 9.98 Å². The van der Waals surface area contributed by atoms with Crippen molar-refractivity contribution in [1.82, 2.24) is 9.55 Å². The smallest absolute Gasteiger partial charge is 0.262 e. The van der Waals surface area contributed by atoms with Crippen molar-refractivity contribution >= 4 is 30.3 Å². The summed E-state index contributed by atoms with van der Waals surface area (Å²) in [7, 11) is 0. The molecule has 0 aromatic carbocycles. The molecule has 1 aliphatic rings. The Hall–Kier alpha value is -2.28. The fraction of sp³-hybridized carbons (Fsp3) is 0.231. The molecule has 0 unspecified atom stereocenters. The van der Waals surface area contributed by atoms with Crippen LogP contribution in [0.1, 0.15) is 18.9 Å². The zero-order valence-electron chi connectivity index (χ0n) is 11.0. The van der Waals surface area contributed by atoms with Gasteiger partial charge in [-0.1, -0.05) is 13.0 Å². The van der Waals surface area contributed by atoms with E-state index in [9.17, 15) is 9.90 Å². The molecule has 0 aliphatic carbocycles. The highest BCUT2D eigenvalue weighted by Gasteiger charge is 2.12. The van der Waals surface area contributed by atoms with Gasteiger partial charge in [-0.2, -0.15) is 0 Å². The molecule has 2 heterocycles. The lowest BCUT2D eigenvalue weighted by atomic mass is 10.2. The lowest BCUT2D eigenvalue weighted by molar-refractivity contribution is 0.412. The standard InChI is InChI=1S/C13H14N4O2S/c1-3-5-17-12(19)9(11(18)16-13(17)20)6-8-7-14-10(4-2)15-8/h3,6-7,19H,1,4-5H2,2H3,(H,16,18,20). The van der Waals surface area contributed by atoms with Crippen LogP contribution in [-0.2, 0) is 6.54 Å². The number of aromatic amines is 1. The number of hydrogen-bond donors (Lipinski definition) is 2. The van der Waals surface area contributed by atoms with Gasteiger partial charge in [0.25, 0.3) is 5.56 Å². The summed E-state index contributed by atoms with van der Waals surface area (Å²) < 4.78 is 1.53. The van der Waals surface area contributed by atoms with Crippen LogP contribution in [0.2, 0.25) is 0 Å². The van der Waals surface area contributed by atoms with Crippen LogP contribution in [0.25, 0.3) is 6.08 Å². The van der Waals surface area contributed by atoms with Gasteiger partial charge in [0.2, 0.25) is 5.88 Å². The third kappa shape index (κ3) is 2.67. The molecule has 2 rings (SSSR count). The van der Waals surface area contributed by atoms with Gasteiger partial charge in [-0.05, 0) is 18.3 Å². The minimum atomic E-state index is -0.464. The number of allylic oxidation sites excluding steroid dienone is 2. The van der Waals surface area contributed by atoms with Crippen LogP contribution in [0.5, 0.6) is 5.88 Å². The molecule has 0 saturated heterocycles. The Morgan fingerprint density at radius 2 is 2.35 bits per heavy atom. The van der Waals surface area contributed by atoms with E-state index in [0.717, 1.165) is 0 Å². The van der Waals surface area contributed by atoms with Crippen molar-refractivity contribution in [2.45, 2.75) is 19.9 Å². The zero-order chi connectivity index (χ0) is 14.7. The number of aromatic nitrogens is 2. The maximum absolute atomic E-state index is 11.9. The number of aromatic hydroxyl groups is 1. The van der Waals surface area contributed by atoms with Gasteiger partial charge in [0.15, 0.2) is 4.77 Å². The highest BCUT2D eigenvalue weighted by atomic mass is 32.1. The van der Waals surface area contributed by atoms with Crippen LogP contribution in [0, 0.1) is 4.77 Å². The number of amidine groups is 1. The maximum Gasteiger partial charge on any atom is 0.262 e. The lowest BCUT2D eigenvalue weighted by Crippen LogP contribution is -2.16. The molecule has 104 valence electrons. The molecular weight excluding hydrogens is 276 g/mol. The average Bonchev–Trinajstić information content (AvgIpc) is 2.87. The molecule has 2 N–H and O–H groups in total. The number of H-pyrrole nitrogens is 1. The minimum absolute atomic E-state index is 0.100. The van der Waals surface area contributed by atoms with Crippen LogP contribution in [-0.4, -0.2) is 26.7 Å². The van der Waals surface area contributed by atoms with Gasteiger partial charge in [-0.15, -0.1) is 6.58 Å². The van der Waals surface area contributed by atoms with E-state index in [1.54, 1.807) is 12.3 Å². The lowest BCUT2D eigenvalue weighted by Gasteiger charge is -2.08. The molecule has 7 heteroatoms. The topological polar surface area (TPSA) is 82.7 Å². The maximum atomic E-state index is 11.9. The van der Waals surface area contributed by atoms with Gasteiger partial charge in [0, 0.05) is 13.0 Å². The molecule has 0 saturated carbocycles. The van der Waals surface area contributed by atoms with E-state index in [1.165, 1.54) is 10.6 Å². The van der Waals surface area contributed by atoms with E-state index >= 15 is 0 Å². The second-order valence-corrected chi connectivity index (χ2v) is 4.49. The van der Waals surface area contributed by atoms with E-state index < -0.39 is 5.56 Å². The summed E-state index contributed by atoms with van der Waals surface area (Å²) in [5, 5.41) is 10.2. The van der Waals surface area contributed by atoms with E-state index in [1.807, 2.05) is 6.92 Å². The van der Waals surface area contributed by atoms with Crippen LogP contribution >= 0.6 is 12.2 Å².